The van der Waals surface area contributed by atoms with Gasteiger partial charge in [0, 0.05) is 7.05 Å². The number of para-hydroxylation sites is 1. The van der Waals surface area contributed by atoms with E-state index in [1.807, 2.05) is 25.2 Å². The number of amides is 1. The molecule has 0 saturated heterocycles. The molecule has 124 valence electrons. The van der Waals surface area contributed by atoms with Gasteiger partial charge in [0.05, 0.1) is 30.2 Å². The van der Waals surface area contributed by atoms with Gasteiger partial charge < -0.3 is 15.0 Å². The molecule has 2 heterocycles. The van der Waals surface area contributed by atoms with Gasteiger partial charge in [-0.25, -0.2) is 9.97 Å². The fraction of sp³-hybridized carbons (Fsp3) is 0.188. The van der Waals surface area contributed by atoms with Crippen LogP contribution in [0.5, 0.6) is 5.75 Å². The van der Waals surface area contributed by atoms with Gasteiger partial charge in [0.2, 0.25) is 5.91 Å². The lowest BCUT2D eigenvalue weighted by Crippen LogP contribution is -2.29. The van der Waals surface area contributed by atoms with Crippen molar-refractivity contribution in [2.24, 2.45) is 0 Å². The number of benzene rings is 1. The number of hydrogen-bond acceptors (Lipinski definition) is 6. The normalized spacial score (nSPS) is 10.6. The number of rotatable bonds is 5. The van der Waals surface area contributed by atoms with Crippen LogP contribution < -0.4 is 15.0 Å². The SMILES string of the molecule is COc1cccc2sc(N(C)CC(=O)Nc3ccc(Cl)nc3)nc12. The molecule has 0 bridgehead atoms. The third-order valence-corrected chi connectivity index (χ3v) is 4.67. The van der Waals surface area contributed by atoms with E-state index < -0.39 is 0 Å². The van der Waals surface area contributed by atoms with Gasteiger partial charge in [-0.05, 0) is 24.3 Å². The minimum atomic E-state index is -0.159. The fourth-order valence-electron chi connectivity index (χ4n) is 2.17. The van der Waals surface area contributed by atoms with Gasteiger partial charge in [-0.1, -0.05) is 29.0 Å². The van der Waals surface area contributed by atoms with Crippen LogP contribution in [0.15, 0.2) is 36.5 Å². The molecular formula is C16H15ClN4O2S. The predicted octanol–water partition coefficient (Wildman–Crippen LogP) is 3.43. The Hall–Kier alpha value is -2.38. The van der Waals surface area contributed by atoms with Crippen LogP contribution in [0.25, 0.3) is 10.2 Å². The number of likely N-dealkylation sites (N-methyl/N-ethyl adjacent to an activating group) is 1. The molecule has 0 unspecified atom stereocenters. The van der Waals surface area contributed by atoms with Crippen molar-refractivity contribution in [2.75, 3.05) is 30.9 Å². The number of carbonyl (C=O) groups is 1. The molecule has 1 N–H and O–H groups in total. The van der Waals surface area contributed by atoms with Crippen LogP contribution in [0.3, 0.4) is 0 Å². The molecule has 0 fully saturated rings. The molecule has 2 aromatic heterocycles. The van der Waals surface area contributed by atoms with E-state index in [1.165, 1.54) is 17.5 Å². The van der Waals surface area contributed by atoms with Gasteiger partial charge >= 0.3 is 0 Å². The summed E-state index contributed by atoms with van der Waals surface area (Å²) in [4.78, 5) is 22.4. The van der Waals surface area contributed by atoms with Gasteiger partial charge in [-0.15, -0.1) is 0 Å². The van der Waals surface area contributed by atoms with Crippen LogP contribution in [0.2, 0.25) is 5.15 Å². The zero-order valence-electron chi connectivity index (χ0n) is 13.1. The summed E-state index contributed by atoms with van der Waals surface area (Å²) in [7, 11) is 3.44. The number of ether oxygens (including phenoxy) is 1. The molecule has 0 aliphatic rings. The number of aromatic nitrogens is 2. The zero-order valence-corrected chi connectivity index (χ0v) is 14.7. The Bertz CT molecular complexity index is 866. The van der Waals surface area contributed by atoms with E-state index >= 15 is 0 Å². The highest BCUT2D eigenvalue weighted by Gasteiger charge is 2.14. The average molecular weight is 363 g/mol. The Kier molecular flexibility index (Phi) is 4.82. The predicted molar refractivity (Wildman–Crippen MR) is 97.3 cm³/mol. The van der Waals surface area contributed by atoms with Crippen LogP contribution >= 0.6 is 22.9 Å². The first-order valence-corrected chi connectivity index (χ1v) is 8.32. The van der Waals surface area contributed by atoms with Crippen molar-refractivity contribution in [1.29, 1.82) is 0 Å². The highest BCUT2D eigenvalue weighted by molar-refractivity contribution is 7.22. The first-order valence-electron chi connectivity index (χ1n) is 7.13. The smallest absolute Gasteiger partial charge is 0.244 e. The molecule has 8 heteroatoms. The summed E-state index contributed by atoms with van der Waals surface area (Å²) in [5, 5.41) is 3.91. The second kappa shape index (κ2) is 7.02. The summed E-state index contributed by atoms with van der Waals surface area (Å²) < 4.78 is 6.33. The van der Waals surface area contributed by atoms with Crippen molar-refractivity contribution in [3.05, 3.63) is 41.7 Å². The number of halogens is 1. The molecule has 3 rings (SSSR count). The number of methoxy groups -OCH3 is 1. The monoisotopic (exact) mass is 362 g/mol. The lowest BCUT2D eigenvalue weighted by atomic mass is 10.3. The first kappa shape index (κ1) is 16.5. The van der Waals surface area contributed by atoms with Crippen LogP contribution in [0, 0.1) is 0 Å². The zero-order chi connectivity index (χ0) is 17.1. The van der Waals surface area contributed by atoms with Gasteiger partial charge in [0.15, 0.2) is 5.13 Å². The van der Waals surface area contributed by atoms with E-state index in [-0.39, 0.29) is 12.5 Å². The molecule has 0 radical (unpaired) electrons. The number of thiazole rings is 1. The summed E-state index contributed by atoms with van der Waals surface area (Å²) in [6.45, 7) is 0.171. The number of anilines is 2. The first-order chi connectivity index (χ1) is 11.6. The summed E-state index contributed by atoms with van der Waals surface area (Å²) in [6, 6.07) is 9.10. The minimum Gasteiger partial charge on any atom is -0.494 e. The third-order valence-electron chi connectivity index (χ3n) is 3.31. The Balaban J connectivity index is 1.71. The number of nitrogens with one attached hydrogen (secondary N) is 1. The molecule has 3 aromatic rings. The quantitative estimate of drug-likeness (QED) is 0.704. The molecule has 0 atom stereocenters. The molecule has 0 aliphatic carbocycles. The molecule has 0 saturated carbocycles. The van der Waals surface area contributed by atoms with Crippen molar-refractivity contribution in [3.63, 3.8) is 0 Å². The van der Waals surface area contributed by atoms with Crippen molar-refractivity contribution < 1.29 is 9.53 Å². The molecule has 0 aliphatic heterocycles. The topological polar surface area (TPSA) is 67.3 Å². The second-order valence-corrected chi connectivity index (χ2v) is 6.47. The van der Waals surface area contributed by atoms with Crippen LogP contribution in [-0.2, 0) is 4.79 Å². The molecule has 1 amide bonds. The fourth-order valence-corrected chi connectivity index (χ4v) is 3.23. The average Bonchev–Trinajstić information content (AvgIpc) is 3.01. The second-order valence-electron chi connectivity index (χ2n) is 5.08. The standard InChI is InChI=1S/C16H15ClN4O2S/c1-21(9-14(22)19-10-6-7-13(17)18-8-10)16-20-15-11(23-2)4-3-5-12(15)24-16/h3-8H,9H2,1-2H3,(H,19,22). The Morgan fingerprint density at radius 1 is 1.38 bits per heavy atom. The number of carbonyl (C=O) groups excluding carboxylic acids is 1. The summed E-state index contributed by atoms with van der Waals surface area (Å²) in [5.41, 5.74) is 1.40. The molecule has 24 heavy (non-hydrogen) atoms. The highest BCUT2D eigenvalue weighted by atomic mass is 35.5. The van der Waals surface area contributed by atoms with Gasteiger partial charge in [-0.3, -0.25) is 4.79 Å². The third kappa shape index (κ3) is 3.58. The minimum absolute atomic E-state index is 0.159. The Morgan fingerprint density at radius 2 is 2.21 bits per heavy atom. The van der Waals surface area contributed by atoms with Crippen LogP contribution in [-0.4, -0.2) is 36.6 Å². The van der Waals surface area contributed by atoms with E-state index in [2.05, 4.69) is 15.3 Å². The lowest BCUT2D eigenvalue weighted by molar-refractivity contribution is -0.114. The Morgan fingerprint density at radius 3 is 2.92 bits per heavy atom. The van der Waals surface area contributed by atoms with E-state index in [4.69, 9.17) is 16.3 Å². The van der Waals surface area contributed by atoms with E-state index in [9.17, 15) is 4.79 Å². The van der Waals surface area contributed by atoms with Crippen molar-refractivity contribution in [3.8, 4) is 5.75 Å². The molecule has 6 nitrogen and oxygen atoms in total. The van der Waals surface area contributed by atoms with Gasteiger partial charge in [0.25, 0.3) is 0 Å². The maximum atomic E-state index is 12.2. The summed E-state index contributed by atoms with van der Waals surface area (Å²) >= 11 is 7.24. The maximum Gasteiger partial charge on any atom is 0.244 e. The van der Waals surface area contributed by atoms with Crippen LogP contribution in [0.1, 0.15) is 0 Å². The Labute approximate surface area is 148 Å². The number of pyridine rings is 1. The molecule has 0 spiro atoms. The number of fused-ring (bicyclic) bond motifs is 1. The largest absolute Gasteiger partial charge is 0.494 e. The van der Waals surface area contributed by atoms with Gasteiger partial charge in [0.1, 0.15) is 16.4 Å². The maximum absolute atomic E-state index is 12.2. The molecule has 1 aromatic carbocycles. The van der Waals surface area contributed by atoms with E-state index in [0.29, 0.717) is 10.8 Å². The van der Waals surface area contributed by atoms with Gasteiger partial charge in [-0.2, -0.15) is 0 Å². The number of hydrogen-bond donors (Lipinski definition) is 1. The van der Waals surface area contributed by atoms with Crippen molar-refractivity contribution in [2.45, 2.75) is 0 Å². The van der Waals surface area contributed by atoms with E-state index in [1.54, 1.807) is 24.1 Å². The lowest BCUT2D eigenvalue weighted by Gasteiger charge is -2.15. The van der Waals surface area contributed by atoms with Crippen LogP contribution in [0.4, 0.5) is 10.8 Å². The molecular weight excluding hydrogens is 348 g/mol. The van der Waals surface area contributed by atoms with Crippen molar-refractivity contribution in [1.82, 2.24) is 9.97 Å². The number of nitrogens with zero attached hydrogens (tertiary/aromatic N) is 3. The highest BCUT2D eigenvalue weighted by Crippen LogP contribution is 2.33. The van der Waals surface area contributed by atoms with E-state index in [0.717, 1.165) is 21.1 Å². The summed E-state index contributed by atoms with van der Waals surface area (Å²) in [5.74, 6) is 0.563. The van der Waals surface area contributed by atoms with Crippen molar-refractivity contribution >= 4 is 49.9 Å². The summed E-state index contributed by atoms with van der Waals surface area (Å²) in [6.07, 6.45) is 1.52.